The number of aliphatic carboxylic acids is 1. The van der Waals surface area contributed by atoms with Gasteiger partial charge in [0, 0.05) is 16.2 Å². The summed E-state index contributed by atoms with van der Waals surface area (Å²) in [5.41, 5.74) is 0.322. The molecule has 0 saturated heterocycles. The van der Waals surface area contributed by atoms with Crippen LogP contribution in [0.15, 0.2) is 6.07 Å². The van der Waals surface area contributed by atoms with E-state index in [1.807, 2.05) is 0 Å². The smallest absolute Gasteiger partial charge is 0.329 e. The highest BCUT2D eigenvalue weighted by molar-refractivity contribution is 7.12. The Morgan fingerprint density at radius 2 is 2.10 bits per heavy atom. The monoisotopic (exact) mass is 295 g/mol. The second-order valence-corrected chi connectivity index (χ2v) is 7.04. The summed E-state index contributed by atoms with van der Waals surface area (Å²) in [7, 11) is 0. The minimum Gasteiger partial charge on any atom is -0.480 e. The first-order chi connectivity index (χ1) is 9.43. The number of amides is 1. The number of carboxylic acids is 1. The van der Waals surface area contributed by atoms with Gasteiger partial charge in [-0.15, -0.1) is 11.3 Å². The number of hydrogen-bond donors (Lipinski definition) is 2. The van der Waals surface area contributed by atoms with Gasteiger partial charge < -0.3 is 10.4 Å². The van der Waals surface area contributed by atoms with Crippen molar-refractivity contribution in [3.05, 3.63) is 21.4 Å². The lowest BCUT2D eigenvalue weighted by atomic mass is 9.76. The molecule has 1 amide bonds. The maximum Gasteiger partial charge on any atom is 0.329 e. The first kappa shape index (κ1) is 15.0. The lowest BCUT2D eigenvalue weighted by Crippen LogP contribution is -2.59. The molecule has 0 atom stereocenters. The number of carbonyl (C=O) groups excluding carboxylic acids is 1. The van der Waals surface area contributed by atoms with Gasteiger partial charge in [-0.05, 0) is 57.6 Å². The molecular weight excluding hydrogens is 274 g/mol. The minimum atomic E-state index is -0.980. The first-order valence-corrected chi connectivity index (χ1v) is 7.85. The second kappa shape index (κ2) is 5.95. The number of carbonyl (C=O) groups is 2. The predicted molar refractivity (Wildman–Crippen MR) is 79.1 cm³/mol. The van der Waals surface area contributed by atoms with Gasteiger partial charge in [0.1, 0.15) is 5.54 Å². The Hall–Kier alpha value is -1.36. The molecule has 2 rings (SSSR count). The van der Waals surface area contributed by atoms with E-state index in [4.69, 9.17) is 5.11 Å². The average Bonchev–Trinajstić information content (AvgIpc) is 2.62. The number of hydrogen-bond acceptors (Lipinski definition) is 3. The Balaban J connectivity index is 1.78. The molecule has 1 aliphatic carbocycles. The van der Waals surface area contributed by atoms with Gasteiger partial charge in [-0.25, -0.2) is 4.79 Å². The highest BCUT2D eigenvalue weighted by Gasteiger charge is 2.45. The largest absolute Gasteiger partial charge is 0.480 e. The number of carboxylic acid groups (broad SMARTS) is 1. The van der Waals surface area contributed by atoms with Crippen molar-refractivity contribution in [2.75, 3.05) is 0 Å². The summed E-state index contributed by atoms with van der Waals surface area (Å²) in [6.45, 7) is 4.18. The molecule has 1 aromatic rings. The van der Waals surface area contributed by atoms with Gasteiger partial charge in [0.15, 0.2) is 0 Å². The molecule has 1 saturated carbocycles. The summed E-state index contributed by atoms with van der Waals surface area (Å²) < 4.78 is 0. The average molecular weight is 295 g/mol. The minimum absolute atomic E-state index is 0.142. The van der Waals surface area contributed by atoms with Crippen molar-refractivity contribution in [2.45, 2.75) is 57.9 Å². The van der Waals surface area contributed by atoms with Crippen LogP contribution in [0.2, 0.25) is 0 Å². The van der Waals surface area contributed by atoms with Crippen molar-refractivity contribution in [2.24, 2.45) is 0 Å². The number of rotatable bonds is 6. The fourth-order valence-electron chi connectivity index (χ4n) is 2.62. The van der Waals surface area contributed by atoms with Crippen molar-refractivity contribution >= 4 is 23.2 Å². The molecule has 110 valence electrons. The zero-order chi connectivity index (χ0) is 14.8. The molecule has 2 N–H and O–H groups in total. The third-order valence-corrected chi connectivity index (χ3v) is 5.00. The Morgan fingerprint density at radius 3 is 2.55 bits per heavy atom. The van der Waals surface area contributed by atoms with Crippen molar-refractivity contribution < 1.29 is 14.7 Å². The van der Waals surface area contributed by atoms with Crippen LogP contribution in [0.25, 0.3) is 0 Å². The van der Waals surface area contributed by atoms with Crippen molar-refractivity contribution in [1.29, 1.82) is 0 Å². The topological polar surface area (TPSA) is 66.4 Å². The van der Waals surface area contributed by atoms with Gasteiger partial charge in [0.25, 0.3) is 0 Å². The van der Waals surface area contributed by atoms with Crippen LogP contribution >= 0.6 is 11.3 Å². The van der Waals surface area contributed by atoms with Crippen LogP contribution in [0.1, 0.15) is 47.4 Å². The number of aryl methyl sites for hydroxylation is 3. The molecule has 0 aliphatic heterocycles. The van der Waals surface area contributed by atoms with Crippen LogP contribution < -0.4 is 5.32 Å². The molecule has 1 fully saturated rings. The van der Waals surface area contributed by atoms with Gasteiger partial charge in [0.05, 0.1) is 0 Å². The van der Waals surface area contributed by atoms with E-state index in [0.717, 1.165) is 19.3 Å². The molecule has 0 radical (unpaired) electrons. The van der Waals surface area contributed by atoms with Crippen LogP contribution in [0, 0.1) is 13.8 Å². The van der Waals surface area contributed by atoms with Crippen molar-refractivity contribution in [3.63, 3.8) is 0 Å². The third-order valence-electron chi connectivity index (χ3n) is 3.99. The summed E-state index contributed by atoms with van der Waals surface area (Å²) in [6.07, 6.45) is 4.01. The van der Waals surface area contributed by atoms with Crippen LogP contribution in [0.3, 0.4) is 0 Å². The fourth-order valence-corrected chi connectivity index (χ4v) is 3.60. The van der Waals surface area contributed by atoms with E-state index in [0.29, 0.717) is 19.3 Å². The molecule has 5 heteroatoms. The standard InChI is InChI=1S/C15H21NO3S/c1-10-9-12(11(2)20-10)5-3-6-13(17)16-15(14(18)19)7-4-8-15/h9H,3-8H2,1-2H3,(H,16,17)(H,18,19). The van der Waals surface area contributed by atoms with E-state index >= 15 is 0 Å². The van der Waals surface area contributed by atoms with Gasteiger partial charge >= 0.3 is 5.97 Å². The lowest BCUT2D eigenvalue weighted by Gasteiger charge is -2.38. The number of nitrogens with one attached hydrogen (secondary N) is 1. The Bertz CT molecular complexity index is 517. The predicted octanol–water partition coefficient (Wildman–Crippen LogP) is 2.81. The van der Waals surface area contributed by atoms with E-state index in [9.17, 15) is 9.59 Å². The quantitative estimate of drug-likeness (QED) is 0.848. The van der Waals surface area contributed by atoms with Crippen LogP contribution in [-0.4, -0.2) is 22.5 Å². The summed E-state index contributed by atoms with van der Waals surface area (Å²) in [5, 5.41) is 11.9. The third kappa shape index (κ3) is 3.20. The molecular formula is C15H21NO3S. The van der Waals surface area contributed by atoms with Gasteiger partial charge in [-0.2, -0.15) is 0 Å². The molecule has 1 aromatic heterocycles. The summed E-state index contributed by atoms with van der Waals surface area (Å²) in [4.78, 5) is 25.6. The van der Waals surface area contributed by atoms with Crippen LogP contribution in [-0.2, 0) is 16.0 Å². The fraction of sp³-hybridized carbons (Fsp3) is 0.600. The zero-order valence-corrected chi connectivity index (χ0v) is 12.8. The van der Waals surface area contributed by atoms with E-state index in [1.54, 1.807) is 11.3 Å². The molecule has 4 nitrogen and oxygen atoms in total. The van der Waals surface area contributed by atoms with Crippen molar-refractivity contribution in [1.82, 2.24) is 5.32 Å². The SMILES string of the molecule is Cc1cc(CCCC(=O)NC2(C(=O)O)CCC2)c(C)s1. The molecule has 0 aromatic carbocycles. The summed E-state index contributed by atoms with van der Waals surface area (Å²) in [5.74, 6) is -1.04. The lowest BCUT2D eigenvalue weighted by molar-refractivity contribution is -0.151. The summed E-state index contributed by atoms with van der Waals surface area (Å²) in [6, 6.07) is 2.17. The van der Waals surface area contributed by atoms with Crippen LogP contribution in [0.5, 0.6) is 0 Å². The Kier molecular flexibility index (Phi) is 4.48. The Labute approximate surface area is 123 Å². The molecule has 20 heavy (non-hydrogen) atoms. The highest BCUT2D eigenvalue weighted by Crippen LogP contribution is 2.32. The molecule has 0 unspecified atom stereocenters. The maximum atomic E-state index is 11.9. The first-order valence-electron chi connectivity index (χ1n) is 7.03. The second-order valence-electron chi connectivity index (χ2n) is 5.58. The normalized spacial score (nSPS) is 16.5. The molecule has 1 aliphatic rings. The zero-order valence-electron chi connectivity index (χ0n) is 12.0. The number of thiophene rings is 1. The van der Waals surface area contributed by atoms with E-state index < -0.39 is 11.5 Å². The Morgan fingerprint density at radius 1 is 1.40 bits per heavy atom. The maximum absolute atomic E-state index is 11.9. The highest BCUT2D eigenvalue weighted by atomic mass is 32.1. The van der Waals surface area contributed by atoms with Gasteiger partial charge in [-0.3, -0.25) is 4.79 Å². The van der Waals surface area contributed by atoms with Crippen molar-refractivity contribution in [3.8, 4) is 0 Å². The molecule has 1 heterocycles. The summed E-state index contributed by atoms with van der Waals surface area (Å²) >= 11 is 1.78. The van der Waals surface area contributed by atoms with Gasteiger partial charge in [0.2, 0.25) is 5.91 Å². The molecule has 0 spiro atoms. The van der Waals surface area contributed by atoms with E-state index in [-0.39, 0.29) is 5.91 Å². The van der Waals surface area contributed by atoms with E-state index in [1.165, 1.54) is 15.3 Å². The van der Waals surface area contributed by atoms with Gasteiger partial charge in [-0.1, -0.05) is 0 Å². The van der Waals surface area contributed by atoms with E-state index in [2.05, 4.69) is 25.2 Å². The molecule has 0 bridgehead atoms. The van der Waals surface area contributed by atoms with Crippen LogP contribution in [0.4, 0.5) is 0 Å².